The van der Waals surface area contributed by atoms with Crippen LogP contribution in [0.3, 0.4) is 0 Å². The minimum absolute atomic E-state index is 0.0316. The highest BCUT2D eigenvalue weighted by molar-refractivity contribution is 8.00. The van der Waals surface area contributed by atoms with Crippen molar-refractivity contribution in [3.05, 3.63) is 42.1 Å². The summed E-state index contributed by atoms with van der Waals surface area (Å²) in [4.78, 5) is 21.1. The SMILES string of the molecule is Cc1cc(-c2ccccc2)nc(S[C@H]2CCCCC2=O)n1. The number of benzene rings is 1. The minimum Gasteiger partial charge on any atom is -0.298 e. The topological polar surface area (TPSA) is 42.9 Å². The first-order valence-electron chi connectivity index (χ1n) is 7.33. The third-order valence-electron chi connectivity index (χ3n) is 3.65. The standard InChI is InChI=1S/C17H18N2OS/c1-12-11-14(13-7-3-2-4-8-13)19-17(18-12)21-16-10-6-5-9-15(16)20/h2-4,7-8,11,16H,5-6,9-10H2,1H3/t16-/m0/s1. The summed E-state index contributed by atoms with van der Waals surface area (Å²) in [5.74, 6) is 0.345. The third kappa shape index (κ3) is 3.50. The average Bonchev–Trinajstić information content (AvgIpc) is 2.50. The highest BCUT2D eigenvalue weighted by Gasteiger charge is 2.24. The molecule has 0 aliphatic heterocycles. The molecular weight excluding hydrogens is 280 g/mol. The van der Waals surface area contributed by atoms with Crippen LogP contribution in [0.1, 0.15) is 31.4 Å². The van der Waals surface area contributed by atoms with Crippen LogP contribution in [0.5, 0.6) is 0 Å². The van der Waals surface area contributed by atoms with Crippen LogP contribution in [0.2, 0.25) is 0 Å². The van der Waals surface area contributed by atoms with E-state index in [1.807, 2.05) is 43.3 Å². The van der Waals surface area contributed by atoms with Crippen molar-refractivity contribution in [2.75, 3.05) is 0 Å². The van der Waals surface area contributed by atoms with Crippen LogP contribution in [0.25, 0.3) is 11.3 Å². The van der Waals surface area contributed by atoms with Gasteiger partial charge in [0.15, 0.2) is 5.16 Å². The predicted molar refractivity (Wildman–Crippen MR) is 85.3 cm³/mol. The summed E-state index contributed by atoms with van der Waals surface area (Å²) < 4.78 is 0. The van der Waals surface area contributed by atoms with Gasteiger partial charge in [-0.25, -0.2) is 9.97 Å². The Morgan fingerprint density at radius 1 is 1.14 bits per heavy atom. The van der Waals surface area contributed by atoms with E-state index in [2.05, 4.69) is 9.97 Å². The van der Waals surface area contributed by atoms with Gasteiger partial charge in [-0.2, -0.15) is 0 Å². The van der Waals surface area contributed by atoms with Gasteiger partial charge >= 0.3 is 0 Å². The molecule has 0 saturated heterocycles. The second-order valence-corrected chi connectivity index (χ2v) is 6.53. The van der Waals surface area contributed by atoms with Crippen LogP contribution in [0.15, 0.2) is 41.6 Å². The van der Waals surface area contributed by atoms with Crippen molar-refractivity contribution < 1.29 is 4.79 Å². The van der Waals surface area contributed by atoms with Crippen LogP contribution < -0.4 is 0 Å². The van der Waals surface area contributed by atoms with Crippen LogP contribution in [0.4, 0.5) is 0 Å². The van der Waals surface area contributed by atoms with Crippen LogP contribution >= 0.6 is 11.8 Å². The maximum Gasteiger partial charge on any atom is 0.189 e. The number of carbonyl (C=O) groups is 1. The summed E-state index contributed by atoms with van der Waals surface area (Å²) in [5, 5.41) is 0.748. The van der Waals surface area contributed by atoms with Crippen molar-refractivity contribution in [3.63, 3.8) is 0 Å². The van der Waals surface area contributed by atoms with E-state index >= 15 is 0 Å². The molecule has 0 N–H and O–H groups in total. The van der Waals surface area contributed by atoms with E-state index in [0.717, 1.165) is 36.2 Å². The van der Waals surface area contributed by atoms with Gasteiger partial charge in [0.1, 0.15) is 5.78 Å². The smallest absolute Gasteiger partial charge is 0.189 e. The maximum absolute atomic E-state index is 12.0. The molecule has 0 bridgehead atoms. The van der Waals surface area contributed by atoms with Crippen molar-refractivity contribution in [1.29, 1.82) is 0 Å². The highest BCUT2D eigenvalue weighted by Crippen LogP contribution is 2.31. The zero-order chi connectivity index (χ0) is 14.7. The molecule has 1 aliphatic carbocycles. The molecule has 3 rings (SSSR count). The monoisotopic (exact) mass is 298 g/mol. The highest BCUT2D eigenvalue weighted by atomic mass is 32.2. The summed E-state index contributed by atoms with van der Waals surface area (Å²) in [7, 11) is 0. The molecule has 0 radical (unpaired) electrons. The van der Waals surface area contributed by atoms with Gasteiger partial charge in [-0.05, 0) is 25.8 Å². The molecule has 1 saturated carbocycles. The first kappa shape index (κ1) is 14.3. The zero-order valence-corrected chi connectivity index (χ0v) is 12.9. The van der Waals surface area contributed by atoms with E-state index in [0.29, 0.717) is 17.4 Å². The molecule has 1 heterocycles. The summed E-state index contributed by atoms with van der Waals surface area (Å²) in [6, 6.07) is 12.1. The molecule has 1 aromatic heterocycles. The number of hydrogen-bond acceptors (Lipinski definition) is 4. The fourth-order valence-electron chi connectivity index (χ4n) is 2.55. The lowest BCUT2D eigenvalue weighted by atomic mass is 9.99. The van der Waals surface area contributed by atoms with Crippen molar-refractivity contribution >= 4 is 17.5 Å². The Kier molecular flexibility index (Phi) is 4.34. The fraction of sp³-hybridized carbons (Fsp3) is 0.353. The Morgan fingerprint density at radius 2 is 1.95 bits per heavy atom. The molecule has 2 aromatic rings. The predicted octanol–water partition coefficient (Wildman–Crippen LogP) is 4.06. The van der Waals surface area contributed by atoms with Crippen LogP contribution in [0, 0.1) is 6.92 Å². The lowest BCUT2D eigenvalue weighted by Crippen LogP contribution is -2.21. The Morgan fingerprint density at radius 3 is 2.71 bits per heavy atom. The molecule has 0 amide bonds. The second-order valence-electron chi connectivity index (χ2n) is 5.36. The van der Waals surface area contributed by atoms with E-state index in [-0.39, 0.29) is 5.25 Å². The molecule has 1 atom stereocenters. The maximum atomic E-state index is 12.0. The van der Waals surface area contributed by atoms with Crippen molar-refractivity contribution in [3.8, 4) is 11.3 Å². The molecule has 1 aromatic carbocycles. The molecule has 21 heavy (non-hydrogen) atoms. The number of Topliss-reactive ketones (excluding diaryl/α,β-unsaturated/α-hetero) is 1. The molecule has 3 nitrogen and oxygen atoms in total. The van der Waals surface area contributed by atoms with E-state index in [4.69, 9.17) is 0 Å². The van der Waals surface area contributed by atoms with Crippen molar-refractivity contribution in [2.24, 2.45) is 0 Å². The normalized spacial score (nSPS) is 18.7. The largest absolute Gasteiger partial charge is 0.298 e. The van der Waals surface area contributed by atoms with Gasteiger partial charge in [0.05, 0.1) is 10.9 Å². The summed E-state index contributed by atoms with van der Waals surface area (Å²) in [6.45, 7) is 1.97. The molecule has 4 heteroatoms. The first-order chi connectivity index (χ1) is 10.2. The summed E-state index contributed by atoms with van der Waals surface area (Å²) >= 11 is 1.52. The van der Waals surface area contributed by atoms with Gasteiger partial charge in [-0.15, -0.1) is 0 Å². The van der Waals surface area contributed by atoms with Crippen LogP contribution in [-0.2, 0) is 4.79 Å². The van der Waals surface area contributed by atoms with Crippen molar-refractivity contribution in [1.82, 2.24) is 9.97 Å². The van der Waals surface area contributed by atoms with Gasteiger partial charge in [0.2, 0.25) is 0 Å². The number of aromatic nitrogens is 2. The minimum atomic E-state index is 0.0316. The Hall–Kier alpha value is -1.68. The van der Waals surface area contributed by atoms with Gasteiger partial charge in [-0.1, -0.05) is 48.5 Å². The Balaban J connectivity index is 1.86. The van der Waals surface area contributed by atoms with Gasteiger partial charge in [-0.3, -0.25) is 4.79 Å². The molecular formula is C17H18N2OS. The lowest BCUT2D eigenvalue weighted by molar-refractivity contribution is -0.119. The number of hydrogen-bond donors (Lipinski definition) is 0. The number of nitrogens with zero attached hydrogens (tertiary/aromatic N) is 2. The summed E-state index contributed by atoms with van der Waals surface area (Å²) in [5.41, 5.74) is 2.95. The lowest BCUT2D eigenvalue weighted by Gasteiger charge is -2.19. The van der Waals surface area contributed by atoms with Gasteiger partial charge < -0.3 is 0 Å². The Labute approximate surface area is 129 Å². The Bertz CT molecular complexity index is 642. The number of rotatable bonds is 3. The van der Waals surface area contributed by atoms with Crippen molar-refractivity contribution in [2.45, 2.75) is 43.0 Å². The number of carbonyl (C=O) groups excluding carboxylic acids is 1. The van der Waals surface area contributed by atoms with E-state index in [9.17, 15) is 4.79 Å². The quantitative estimate of drug-likeness (QED) is 0.802. The number of thioether (sulfide) groups is 1. The molecule has 1 aliphatic rings. The van der Waals surface area contributed by atoms with Crippen LogP contribution in [-0.4, -0.2) is 21.0 Å². The van der Waals surface area contributed by atoms with E-state index < -0.39 is 0 Å². The fourth-order valence-corrected chi connectivity index (χ4v) is 3.69. The molecule has 0 spiro atoms. The van der Waals surface area contributed by atoms with E-state index in [1.165, 1.54) is 11.8 Å². The average molecular weight is 298 g/mol. The third-order valence-corrected chi connectivity index (χ3v) is 4.83. The first-order valence-corrected chi connectivity index (χ1v) is 8.21. The van der Waals surface area contributed by atoms with Gasteiger partial charge in [0.25, 0.3) is 0 Å². The zero-order valence-electron chi connectivity index (χ0n) is 12.1. The number of ketones is 1. The van der Waals surface area contributed by atoms with E-state index in [1.54, 1.807) is 0 Å². The number of aryl methyl sites for hydroxylation is 1. The summed E-state index contributed by atoms with van der Waals surface area (Å²) in [6.07, 6.45) is 3.80. The second kappa shape index (κ2) is 6.39. The molecule has 108 valence electrons. The molecule has 1 fully saturated rings. The molecule has 0 unspecified atom stereocenters. The van der Waals surface area contributed by atoms with Gasteiger partial charge in [0, 0.05) is 17.7 Å².